The van der Waals surface area contributed by atoms with Crippen LogP contribution in [0.25, 0.3) is 0 Å². The molecule has 15 heavy (non-hydrogen) atoms. The maximum Gasteiger partial charge on any atom is 0.00700 e. The Balaban J connectivity index is 2.20. The minimum Gasteiger partial charge on any atom is -0.330 e. The van der Waals surface area contributed by atoms with Crippen LogP contribution in [0.5, 0.6) is 0 Å². The second-order valence-electron chi connectivity index (χ2n) is 6.16. The molecule has 0 aromatic carbocycles. The molecule has 0 spiro atoms. The first-order valence-electron chi connectivity index (χ1n) is 6.39. The monoisotopic (exact) mass is 212 g/mol. The second-order valence-corrected chi connectivity index (χ2v) is 6.16. The number of nitrogens with two attached hydrogens (primary N) is 1. The number of hydrogen-bond acceptors (Lipinski definition) is 2. The SMILES string of the molecule is CC1CC(C)N(CCCC(C)(C)CN)C1. The summed E-state index contributed by atoms with van der Waals surface area (Å²) in [6, 6.07) is 0.793. The fourth-order valence-electron chi connectivity index (χ4n) is 2.56. The zero-order valence-electron chi connectivity index (χ0n) is 10.9. The third-order valence-corrected chi connectivity index (χ3v) is 3.76. The van der Waals surface area contributed by atoms with E-state index in [2.05, 4.69) is 32.6 Å². The van der Waals surface area contributed by atoms with Crippen molar-refractivity contribution in [2.45, 2.75) is 53.0 Å². The third-order valence-electron chi connectivity index (χ3n) is 3.76. The van der Waals surface area contributed by atoms with E-state index in [9.17, 15) is 0 Å². The number of nitrogens with zero attached hydrogens (tertiary/aromatic N) is 1. The van der Waals surface area contributed by atoms with Gasteiger partial charge in [0.1, 0.15) is 0 Å². The Hall–Kier alpha value is -0.0800. The molecule has 1 saturated heterocycles. The average Bonchev–Trinajstić information content (AvgIpc) is 2.45. The third kappa shape index (κ3) is 4.12. The van der Waals surface area contributed by atoms with Gasteiger partial charge in [-0.05, 0) is 50.6 Å². The molecule has 0 saturated carbocycles. The lowest BCUT2D eigenvalue weighted by molar-refractivity contribution is 0.236. The van der Waals surface area contributed by atoms with Crippen molar-refractivity contribution in [3.05, 3.63) is 0 Å². The van der Waals surface area contributed by atoms with Crippen molar-refractivity contribution >= 4 is 0 Å². The predicted octanol–water partition coefficient (Wildman–Crippen LogP) is 2.48. The minimum absolute atomic E-state index is 0.328. The van der Waals surface area contributed by atoms with Crippen LogP contribution in [0.15, 0.2) is 0 Å². The Kier molecular flexibility index (Phi) is 4.60. The van der Waals surface area contributed by atoms with Gasteiger partial charge in [0.25, 0.3) is 0 Å². The van der Waals surface area contributed by atoms with E-state index in [0.717, 1.165) is 18.5 Å². The van der Waals surface area contributed by atoms with E-state index in [-0.39, 0.29) is 0 Å². The Labute approximate surface area is 95.2 Å². The van der Waals surface area contributed by atoms with Crippen LogP contribution in [0.4, 0.5) is 0 Å². The molecular formula is C13H28N2. The van der Waals surface area contributed by atoms with Crippen LogP contribution in [0.2, 0.25) is 0 Å². The van der Waals surface area contributed by atoms with Gasteiger partial charge >= 0.3 is 0 Å². The first-order chi connectivity index (χ1) is 6.94. The molecule has 0 radical (unpaired) electrons. The summed E-state index contributed by atoms with van der Waals surface area (Å²) in [4.78, 5) is 2.64. The summed E-state index contributed by atoms with van der Waals surface area (Å²) in [6.07, 6.45) is 3.92. The van der Waals surface area contributed by atoms with Gasteiger partial charge in [-0.15, -0.1) is 0 Å². The molecule has 0 aromatic rings. The lowest BCUT2D eigenvalue weighted by Crippen LogP contribution is -2.30. The largest absolute Gasteiger partial charge is 0.330 e. The van der Waals surface area contributed by atoms with Gasteiger partial charge in [-0.1, -0.05) is 20.8 Å². The van der Waals surface area contributed by atoms with Crippen molar-refractivity contribution in [1.29, 1.82) is 0 Å². The summed E-state index contributed by atoms with van der Waals surface area (Å²) in [5.41, 5.74) is 6.06. The van der Waals surface area contributed by atoms with Gasteiger partial charge in [-0.3, -0.25) is 0 Å². The van der Waals surface area contributed by atoms with E-state index in [1.54, 1.807) is 0 Å². The van der Waals surface area contributed by atoms with Crippen molar-refractivity contribution in [3.63, 3.8) is 0 Å². The van der Waals surface area contributed by atoms with Crippen molar-refractivity contribution in [2.75, 3.05) is 19.6 Å². The van der Waals surface area contributed by atoms with E-state index in [4.69, 9.17) is 5.73 Å². The van der Waals surface area contributed by atoms with Gasteiger partial charge in [0.05, 0.1) is 0 Å². The van der Waals surface area contributed by atoms with Crippen molar-refractivity contribution < 1.29 is 0 Å². The van der Waals surface area contributed by atoms with Crippen LogP contribution in [0, 0.1) is 11.3 Å². The lowest BCUT2D eigenvalue weighted by Gasteiger charge is -2.25. The molecule has 1 aliphatic heterocycles. The van der Waals surface area contributed by atoms with E-state index in [1.807, 2.05) is 0 Å². The summed E-state index contributed by atoms with van der Waals surface area (Å²) >= 11 is 0. The molecule has 1 rings (SSSR count). The van der Waals surface area contributed by atoms with Crippen molar-refractivity contribution in [3.8, 4) is 0 Å². The number of hydrogen-bond donors (Lipinski definition) is 1. The smallest absolute Gasteiger partial charge is 0.00700 e. The highest BCUT2D eigenvalue weighted by Gasteiger charge is 2.25. The highest BCUT2D eigenvalue weighted by atomic mass is 15.2. The van der Waals surface area contributed by atoms with Gasteiger partial charge in [0, 0.05) is 12.6 Å². The van der Waals surface area contributed by atoms with Gasteiger partial charge in [-0.25, -0.2) is 0 Å². The fourth-order valence-corrected chi connectivity index (χ4v) is 2.56. The fraction of sp³-hybridized carbons (Fsp3) is 1.00. The Morgan fingerprint density at radius 2 is 2.00 bits per heavy atom. The zero-order valence-corrected chi connectivity index (χ0v) is 10.9. The summed E-state index contributed by atoms with van der Waals surface area (Å²) < 4.78 is 0. The molecule has 2 heteroatoms. The summed E-state index contributed by atoms with van der Waals surface area (Å²) in [5, 5.41) is 0. The summed E-state index contributed by atoms with van der Waals surface area (Å²) in [5.74, 6) is 0.891. The highest BCUT2D eigenvalue weighted by molar-refractivity contribution is 4.80. The van der Waals surface area contributed by atoms with E-state index in [1.165, 1.54) is 32.4 Å². The quantitative estimate of drug-likeness (QED) is 0.758. The maximum absolute atomic E-state index is 5.74. The van der Waals surface area contributed by atoms with Crippen molar-refractivity contribution in [1.82, 2.24) is 4.90 Å². The number of rotatable bonds is 5. The number of likely N-dealkylation sites (tertiary alicyclic amines) is 1. The zero-order chi connectivity index (χ0) is 11.5. The average molecular weight is 212 g/mol. The van der Waals surface area contributed by atoms with Gasteiger partial charge < -0.3 is 10.6 Å². The summed E-state index contributed by atoms with van der Waals surface area (Å²) in [7, 11) is 0. The molecule has 2 N–H and O–H groups in total. The van der Waals surface area contributed by atoms with E-state index in [0.29, 0.717) is 5.41 Å². The molecule has 0 aromatic heterocycles. The van der Waals surface area contributed by atoms with E-state index >= 15 is 0 Å². The molecule has 0 amide bonds. The predicted molar refractivity (Wildman–Crippen MR) is 66.9 cm³/mol. The molecule has 2 nitrogen and oxygen atoms in total. The topological polar surface area (TPSA) is 29.3 Å². The summed E-state index contributed by atoms with van der Waals surface area (Å²) in [6.45, 7) is 12.6. The normalized spacial score (nSPS) is 28.6. The van der Waals surface area contributed by atoms with Crippen LogP contribution >= 0.6 is 0 Å². The van der Waals surface area contributed by atoms with Gasteiger partial charge in [0.15, 0.2) is 0 Å². The van der Waals surface area contributed by atoms with Crippen molar-refractivity contribution in [2.24, 2.45) is 17.1 Å². The van der Waals surface area contributed by atoms with Crippen LogP contribution in [0.3, 0.4) is 0 Å². The Morgan fingerprint density at radius 3 is 2.47 bits per heavy atom. The first kappa shape index (κ1) is 13.0. The van der Waals surface area contributed by atoms with Gasteiger partial charge in [0.2, 0.25) is 0 Å². The molecule has 1 aliphatic rings. The molecule has 1 fully saturated rings. The lowest BCUT2D eigenvalue weighted by atomic mass is 9.88. The van der Waals surface area contributed by atoms with Crippen LogP contribution in [-0.2, 0) is 0 Å². The Morgan fingerprint density at radius 1 is 1.33 bits per heavy atom. The van der Waals surface area contributed by atoms with Crippen LogP contribution in [0.1, 0.15) is 47.0 Å². The Bertz CT molecular complexity index is 189. The van der Waals surface area contributed by atoms with Crippen LogP contribution in [-0.4, -0.2) is 30.6 Å². The second kappa shape index (κ2) is 5.31. The maximum atomic E-state index is 5.74. The van der Waals surface area contributed by atoms with Crippen LogP contribution < -0.4 is 5.73 Å². The molecule has 2 atom stereocenters. The molecular weight excluding hydrogens is 184 g/mol. The minimum atomic E-state index is 0.328. The molecule has 90 valence electrons. The molecule has 2 unspecified atom stereocenters. The first-order valence-corrected chi connectivity index (χ1v) is 6.39. The molecule has 0 bridgehead atoms. The highest BCUT2D eigenvalue weighted by Crippen LogP contribution is 2.25. The standard InChI is InChI=1S/C13H28N2/c1-11-8-12(2)15(9-11)7-5-6-13(3,4)10-14/h11-12H,5-10,14H2,1-4H3. The molecule has 0 aliphatic carbocycles. The van der Waals surface area contributed by atoms with Gasteiger partial charge in [-0.2, -0.15) is 0 Å². The molecule has 1 heterocycles. The van der Waals surface area contributed by atoms with E-state index < -0.39 is 0 Å².